The van der Waals surface area contributed by atoms with Crippen molar-refractivity contribution in [3.8, 4) is 0 Å². The molecule has 0 saturated carbocycles. The van der Waals surface area contributed by atoms with Gasteiger partial charge < -0.3 is 10.4 Å². The van der Waals surface area contributed by atoms with Crippen LogP contribution in [-0.4, -0.2) is 11.0 Å². The van der Waals surface area contributed by atoms with E-state index in [1.807, 2.05) is 42.5 Å². The second-order valence-electron chi connectivity index (χ2n) is 4.80. The Morgan fingerprint density at radius 3 is 2.58 bits per heavy atom. The first kappa shape index (κ1) is 11.9. The Labute approximate surface area is 111 Å². The van der Waals surface area contributed by atoms with Crippen molar-refractivity contribution in [2.24, 2.45) is 0 Å². The maximum atomic E-state index is 12.2. The van der Waals surface area contributed by atoms with Crippen LogP contribution in [0.5, 0.6) is 0 Å². The molecule has 3 nitrogen and oxygen atoms in total. The standard InChI is InChI=1S/C16H15NO2/c18-10-11-5-7-13(8-6-11)17-16(19)15-9-12-3-1-2-4-14(12)15/h1-8,15,18H,9-10H2,(H,17,19). The van der Waals surface area contributed by atoms with E-state index < -0.39 is 0 Å². The Balaban J connectivity index is 1.69. The normalized spacial score (nSPS) is 16.4. The van der Waals surface area contributed by atoms with E-state index in [9.17, 15) is 4.79 Å². The van der Waals surface area contributed by atoms with Crippen LogP contribution in [0.1, 0.15) is 22.6 Å². The zero-order valence-electron chi connectivity index (χ0n) is 10.5. The minimum Gasteiger partial charge on any atom is -0.392 e. The van der Waals surface area contributed by atoms with Gasteiger partial charge in [0.1, 0.15) is 0 Å². The van der Waals surface area contributed by atoms with Gasteiger partial charge in [-0.3, -0.25) is 4.79 Å². The van der Waals surface area contributed by atoms with Gasteiger partial charge in [-0.15, -0.1) is 0 Å². The van der Waals surface area contributed by atoms with Crippen molar-refractivity contribution >= 4 is 11.6 Å². The zero-order valence-corrected chi connectivity index (χ0v) is 10.5. The van der Waals surface area contributed by atoms with Gasteiger partial charge in [0.25, 0.3) is 0 Å². The van der Waals surface area contributed by atoms with Crippen LogP contribution in [-0.2, 0) is 17.8 Å². The maximum Gasteiger partial charge on any atom is 0.232 e. The van der Waals surface area contributed by atoms with E-state index in [1.54, 1.807) is 0 Å². The molecular weight excluding hydrogens is 238 g/mol. The van der Waals surface area contributed by atoms with Gasteiger partial charge in [0.05, 0.1) is 12.5 Å². The lowest BCUT2D eigenvalue weighted by atomic mass is 9.77. The summed E-state index contributed by atoms with van der Waals surface area (Å²) in [5.74, 6) is 0.00386. The van der Waals surface area contributed by atoms with Gasteiger partial charge in [0.15, 0.2) is 0 Å². The molecule has 2 aromatic rings. The quantitative estimate of drug-likeness (QED) is 0.882. The molecule has 2 aromatic carbocycles. The summed E-state index contributed by atoms with van der Waals surface area (Å²) in [4.78, 5) is 12.2. The van der Waals surface area contributed by atoms with Gasteiger partial charge in [-0.2, -0.15) is 0 Å². The summed E-state index contributed by atoms with van der Waals surface area (Å²) in [6.07, 6.45) is 0.816. The van der Waals surface area contributed by atoms with Crippen molar-refractivity contribution in [1.29, 1.82) is 0 Å². The fourth-order valence-corrected chi connectivity index (χ4v) is 2.42. The van der Waals surface area contributed by atoms with Crippen LogP contribution in [0.4, 0.5) is 5.69 Å². The largest absolute Gasteiger partial charge is 0.392 e. The van der Waals surface area contributed by atoms with Gasteiger partial charge in [0, 0.05) is 5.69 Å². The predicted molar refractivity (Wildman–Crippen MR) is 73.9 cm³/mol. The second kappa shape index (κ2) is 4.86. The summed E-state index contributed by atoms with van der Waals surface area (Å²) in [6, 6.07) is 15.3. The fraction of sp³-hybridized carbons (Fsp3) is 0.188. The van der Waals surface area contributed by atoms with Crippen LogP contribution < -0.4 is 5.32 Å². The van der Waals surface area contributed by atoms with E-state index in [2.05, 4.69) is 11.4 Å². The molecule has 0 heterocycles. The number of fused-ring (bicyclic) bond motifs is 1. The number of nitrogens with one attached hydrogen (secondary N) is 1. The van der Waals surface area contributed by atoms with Crippen LogP contribution in [0.25, 0.3) is 0 Å². The molecule has 3 rings (SSSR count). The topological polar surface area (TPSA) is 49.3 Å². The number of aliphatic hydroxyl groups is 1. The lowest BCUT2D eigenvalue weighted by Gasteiger charge is -2.28. The molecule has 0 fully saturated rings. The van der Waals surface area contributed by atoms with Gasteiger partial charge in [0.2, 0.25) is 5.91 Å². The van der Waals surface area contributed by atoms with E-state index in [-0.39, 0.29) is 18.4 Å². The van der Waals surface area contributed by atoms with Crippen molar-refractivity contribution in [3.63, 3.8) is 0 Å². The number of rotatable bonds is 3. The monoisotopic (exact) mass is 253 g/mol. The molecule has 0 spiro atoms. The minimum absolute atomic E-state index is 0.0181. The first-order valence-electron chi connectivity index (χ1n) is 6.36. The van der Waals surface area contributed by atoms with Crippen molar-refractivity contribution in [2.75, 3.05) is 5.32 Å². The Kier molecular flexibility index (Phi) is 3.05. The van der Waals surface area contributed by atoms with Gasteiger partial charge in [-0.25, -0.2) is 0 Å². The Hall–Kier alpha value is -2.13. The Morgan fingerprint density at radius 2 is 1.89 bits per heavy atom. The van der Waals surface area contributed by atoms with Crippen molar-refractivity contribution in [2.45, 2.75) is 18.9 Å². The third kappa shape index (κ3) is 2.25. The highest BCUT2D eigenvalue weighted by Gasteiger charge is 2.31. The lowest BCUT2D eigenvalue weighted by molar-refractivity contribution is -0.118. The summed E-state index contributed by atoms with van der Waals surface area (Å²) < 4.78 is 0. The first-order valence-corrected chi connectivity index (χ1v) is 6.36. The molecule has 0 aromatic heterocycles. The van der Waals surface area contributed by atoms with Crippen molar-refractivity contribution < 1.29 is 9.90 Å². The molecule has 96 valence electrons. The van der Waals surface area contributed by atoms with Crippen LogP contribution in [0.3, 0.4) is 0 Å². The van der Waals surface area contributed by atoms with Gasteiger partial charge in [-0.1, -0.05) is 36.4 Å². The third-order valence-electron chi connectivity index (χ3n) is 3.58. The average Bonchev–Trinajstić information content (AvgIpc) is 2.41. The molecule has 0 bridgehead atoms. The molecule has 3 heteroatoms. The Bertz CT molecular complexity index is 604. The summed E-state index contributed by atoms with van der Waals surface area (Å²) in [5.41, 5.74) is 4.00. The highest BCUT2D eigenvalue weighted by atomic mass is 16.3. The van der Waals surface area contributed by atoms with Crippen LogP contribution in [0.15, 0.2) is 48.5 Å². The molecule has 1 aliphatic rings. The summed E-state index contributed by atoms with van der Waals surface area (Å²) in [7, 11) is 0. The van der Waals surface area contributed by atoms with Crippen LogP contribution in [0.2, 0.25) is 0 Å². The molecule has 1 unspecified atom stereocenters. The predicted octanol–water partition coefficient (Wildman–Crippen LogP) is 2.46. The molecule has 0 saturated heterocycles. The number of carbonyl (C=O) groups excluding carboxylic acids is 1. The van der Waals surface area contributed by atoms with Crippen LogP contribution >= 0.6 is 0 Å². The van der Waals surface area contributed by atoms with E-state index in [1.165, 1.54) is 5.56 Å². The summed E-state index contributed by atoms with van der Waals surface area (Å²) in [6.45, 7) is 0.0181. The number of anilines is 1. The number of aliphatic hydroxyl groups excluding tert-OH is 1. The number of benzene rings is 2. The molecule has 0 aliphatic heterocycles. The third-order valence-corrected chi connectivity index (χ3v) is 3.58. The summed E-state index contributed by atoms with van der Waals surface area (Å²) in [5, 5.41) is 11.9. The average molecular weight is 253 g/mol. The smallest absolute Gasteiger partial charge is 0.232 e. The summed E-state index contributed by atoms with van der Waals surface area (Å²) >= 11 is 0. The number of amides is 1. The van der Waals surface area contributed by atoms with Crippen molar-refractivity contribution in [3.05, 3.63) is 65.2 Å². The molecule has 1 aliphatic carbocycles. The van der Waals surface area contributed by atoms with Crippen molar-refractivity contribution in [1.82, 2.24) is 0 Å². The minimum atomic E-state index is -0.0336. The molecule has 19 heavy (non-hydrogen) atoms. The van der Waals surface area contributed by atoms with E-state index in [0.29, 0.717) is 0 Å². The Morgan fingerprint density at radius 1 is 1.16 bits per heavy atom. The number of hydrogen-bond donors (Lipinski definition) is 2. The molecule has 1 atom stereocenters. The highest BCUT2D eigenvalue weighted by Crippen LogP contribution is 2.35. The van der Waals surface area contributed by atoms with Crippen LogP contribution in [0, 0.1) is 0 Å². The van der Waals surface area contributed by atoms with Gasteiger partial charge in [-0.05, 0) is 35.2 Å². The zero-order chi connectivity index (χ0) is 13.2. The maximum absolute atomic E-state index is 12.2. The highest BCUT2D eigenvalue weighted by molar-refractivity contribution is 5.97. The second-order valence-corrected chi connectivity index (χ2v) is 4.80. The van der Waals surface area contributed by atoms with E-state index in [0.717, 1.165) is 23.2 Å². The van der Waals surface area contributed by atoms with Gasteiger partial charge >= 0.3 is 0 Å². The SMILES string of the molecule is O=C(Nc1ccc(CO)cc1)C1Cc2ccccc21. The number of hydrogen-bond acceptors (Lipinski definition) is 2. The molecule has 0 radical (unpaired) electrons. The first-order chi connectivity index (χ1) is 9.28. The molecule has 2 N–H and O–H groups in total. The molecule has 1 amide bonds. The van der Waals surface area contributed by atoms with E-state index in [4.69, 9.17) is 5.11 Å². The van der Waals surface area contributed by atoms with E-state index >= 15 is 0 Å². The lowest BCUT2D eigenvalue weighted by Crippen LogP contribution is -2.30. The fourth-order valence-electron chi connectivity index (χ4n) is 2.42. The molecular formula is C16H15NO2. The number of carbonyl (C=O) groups is 1.